The maximum absolute atomic E-state index is 12.7. The summed E-state index contributed by atoms with van der Waals surface area (Å²) in [4.78, 5) is 15.2. The standard InChI is InChI=1S/C16H23N7O2S/c1-14-18-15(12-16(19-14)21-7-4-17-13-21)20-8-10-23(11-9-20)26(24,25)22-5-2-3-6-22/h4,7,12-13H,2-3,5-6,8-11H2,1H3. The lowest BCUT2D eigenvalue weighted by Crippen LogP contribution is -2.52. The van der Waals surface area contributed by atoms with E-state index in [-0.39, 0.29) is 0 Å². The van der Waals surface area contributed by atoms with E-state index in [2.05, 4.69) is 19.9 Å². The zero-order chi connectivity index (χ0) is 18.1. The van der Waals surface area contributed by atoms with Crippen molar-refractivity contribution in [2.45, 2.75) is 19.8 Å². The van der Waals surface area contributed by atoms with Gasteiger partial charge >= 0.3 is 0 Å². The Bertz CT molecular complexity index is 855. The number of rotatable bonds is 4. The highest BCUT2D eigenvalue weighted by molar-refractivity contribution is 7.86. The van der Waals surface area contributed by atoms with Crippen LogP contribution in [0.1, 0.15) is 18.7 Å². The Labute approximate surface area is 153 Å². The third-order valence-electron chi connectivity index (χ3n) is 4.86. The molecule has 0 spiro atoms. The third kappa shape index (κ3) is 3.31. The Morgan fingerprint density at radius 2 is 1.58 bits per heavy atom. The van der Waals surface area contributed by atoms with Crippen LogP contribution in [-0.4, -0.2) is 75.8 Å². The minimum atomic E-state index is -3.32. The van der Waals surface area contributed by atoms with Gasteiger partial charge in [-0.05, 0) is 19.8 Å². The lowest BCUT2D eigenvalue weighted by atomic mass is 10.3. The number of piperazine rings is 1. The fourth-order valence-corrected chi connectivity index (χ4v) is 5.13. The molecule has 26 heavy (non-hydrogen) atoms. The van der Waals surface area contributed by atoms with Crippen molar-refractivity contribution >= 4 is 16.0 Å². The van der Waals surface area contributed by atoms with Gasteiger partial charge in [-0.3, -0.25) is 4.57 Å². The predicted octanol–water partition coefficient (Wildman–Crippen LogP) is 0.433. The van der Waals surface area contributed by atoms with Gasteiger partial charge in [-0.2, -0.15) is 17.0 Å². The van der Waals surface area contributed by atoms with E-state index >= 15 is 0 Å². The molecule has 0 aliphatic carbocycles. The normalized spacial score (nSPS) is 20.0. The first-order valence-corrected chi connectivity index (χ1v) is 10.3. The Balaban J connectivity index is 1.48. The molecule has 2 saturated heterocycles. The van der Waals surface area contributed by atoms with Gasteiger partial charge in [0.15, 0.2) is 0 Å². The Hall–Kier alpha value is -2.04. The van der Waals surface area contributed by atoms with Gasteiger partial charge in [0.2, 0.25) is 0 Å². The van der Waals surface area contributed by atoms with Crippen molar-refractivity contribution in [2.75, 3.05) is 44.2 Å². The zero-order valence-electron chi connectivity index (χ0n) is 14.8. The van der Waals surface area contributed by atoms with Crippen molar-refractivity contribution in [2.24, 2.45) is 0 Å². The Morgan fingerprint density at radius 3 is 2.23 bits per heavy atom. The second kappa shape index (κ2) is 6.93. The molecule has 2 fully saturated rings. The van der Waals surface area contributed by atoms with Crippen molar-refractivity contribution in [3.63, 3.8) is 0 Å². The third-order valence-corrected chi connectivity index (χ3v) is 6.90. The quantitative estimate of drug-likeness (QED) is 0.768. The zero-order valence-corrected chi connectivity index (χ0v) is 15.6. The largest absolute Gasteiger partial charge is 0.354 e. The molecular formula is C16H23N7O2S. The molecule has 0 bridgehead atoms. The predicted molar refractivity (Wildman–Crippen MR) is 97.4 cm³/mol. The summed E-state index contributed by atoms with van der Waals surface area (Å²) in [5.74, 6) is 2.26. The molecule has 0 saturated carbocycles. The van der Waals surface area contributed by atoms with E-state index in [1.54, 1.807) is 21.1 Å². The molecule has 10 heteroatoms. The number of imidazole rings is 1. The van der Waals surface area contributed by atoms with Crippen LogP contribution in [-0.2, 0) is 10.2 Å². The summed E-state index contributed by atoms with van der Waals surface area (Å²) in [6.45, 7) is 5.33. The summed E-state index contributed by atoms with van der Waals surface area (Å²) in [5, 5.41) is 0. The molecule has 0 aromatic carbocycles. The average molecular weight is 377 g/mol. The smallest absolute Gasteiger partial charge is 0.282 e. The second-order valence-electron chi connectivity index (χ2n) is 6.60. The van der Waals surface area contributed by atoms with E-state index in [0.29, 0.717) is 45.1 Å². The van der Waals surface area contributed by atoms with E-state index in [0.717, 1.165) is 24.5 Å². The van der Waals surface area contributed by atoms with Crippen LogP contribution < -0.4 is 4.90 Å². The highest BCUT2D eigenvalue weighted by atomic mass is 32.2. The highest BCUT2D eigenvalue weighted by Crippen LogP contribution is 2.21. The second-order valence-corrected chi connectivity index (χ2v) is 8.53. The number of aromatic nitrogens is 4. The topological polar surface area (TPSA) is 87.5 Å². The van der Waals surface area contributed by atoms with Crippen molar-refractivity contribution in [3.05, 3.63) is 30.6 Å². The number of hydrogen-bond donors (Lipinski definition) is 0. The molecule has 140 valence electrons. The van der Waals surface area contributed by atoms with Crippen LogP contribution in [0.15, 0.2) is 24.8 Å². The van der Waals surface area contributed by atoms with Crippen LogP contribution in [0.4, 0.5) is 5.82 Å². The van der Waals surface area contributed by atoms with Crippen molar-refractivity contribution in [1.82, 2.24) is 28.1 Å². The van der Waals surface area contributed by atoms with Crippen molar-refractivity contribution in [3.8, 4) is 5.82 Å². The highest BCUT2D eigenvalue weighted by Gasteiger charge is 2.34. The molecule has 0 amide bonds. The summed E-state index contributed by atoms with van der Waals surface area (Å²) >= 11 is 0. The molecule has 4 rings (SSSR count). The van der Waals surface area contributed by atoms with E-state index in [9.17, 15) is 8.42 Å². The van der Waals surface area contributed by atoms with Gasteiger partial charge in [0.05, 0.1) is 0 Å². The van der Waals surface area contributed by atoms with Gasteiger partial charge in [0.25, 0.3) is 10.2 Å². The maximum Gasteiger partial charge on any atom is 0.282 e. The molecule has 4 heterocycles. The molecule has 2 aliphatic heterocycles. The van der Waals surface area contributed by atoms with Crippen LogP contribution >= 0.6 is 0 Å². The van der Waals surface area contributed by atoms with Crippen molar-refractivity contribution < 1.29 is 8.42 Å². The van der Waals surface area contributed by atoms with Crippen LogP contribution in [0.5, 0.6) is 0 Å². The summed E-state index contributed by atoms with van der Waals surface area (Å²) < 4.78 is 30.4. The number of aryl methyl sites for hydroxylation is 1. The Kier molecular flexibility index (Phi) is 4.63. The van der Waals surface area contributed by atoms with Crippen LogP contribution in [0.2, 0.25) is 0 Å². The fourth-order valence-electron chi connectivity index (χ4n) is 3.46. The lowest BCUT2D eigenvalue weighted by Gasteiger charge is -2.36. The van der Waals surface area contributed by atoms with Gasteiger partial charge in [-0.15, -0.1) is 0 Å². The summed E-state index contributed by atoms with van der Waals surface area (Å²) in [7, 11) is -3.32. The molecule has 0 atom stereocenters. The molecule has 0 unspecified atom stereocenters. The van der Waals surface area contributed by atoms with Crippen molar-refractivity contribution in [1.29, 1.82) is 0 Å². The first-order valence-electron chi connectivity index (χ1n) is 8.88. The van der Waals surface area contributed by atoms with E-state index in [1.165, 1.54) is 0 Å². The monoisotopic (exact) mass is 377 g/mol. The van der Waals surface area contributed by atoms with Crippen LogP contribution in [0, 0.1) is 6.92 Å². The molecule has 0 N–H and O–H groups in total. The van der Waals surface area contributed by atoms with Crippen LogP contribution in [0.25, 0.3) is 5.82 Å². The van der Waals surface area contributed by atoms with E-state index < -0.39 is 10.2 Å². The average Bonchev–Trinajstić information content (AvgIpc) is 3.35. The first kappa shape index (κ1) is 17.4. The lowest BCUT2D eigenvalue weighted by molar-refractivity contribution is 0.343. The SMILES string of the molecule is Cc1nc(N2CCN(S(=O)(=O)N3CCCC3)CC2)cc(-n2ccnc2)n1. The van der Waals surface area contributed by atoms with Gasteiger partial charge in [-0.25, -0.2) is 15.0 Å². The fraction of sp³-hybridized carbons (Fsp3) is 0.562. The van der Waals surface area contributed by atoms with E-state index in [1.807, 2.05) is 23.8 Å². The molecule has 2 aromatic rings. The number of hydrogen-bond acceptors (Lipinski definition) is 6. The number of nitrogens with zero attached hydrogens (tertiary/aromatic N) is 7. The minimum absolute atomic E-state index is 0.474. The maximum atomic E-state index is 12.7. The van der Waals surface area contributed by atoms with Gasteiger partial charge < -0.3 is 4.90 Å². The minimum Gasteiger partial charge on any atom is -0.354 e. The molecule has 0 radical (unpaired) electrons. The Morgan fingerprint density at radius 1 is 0.923 bits per heavy atom. The number of anilines is 1. The summed E-state index contributed by atoms with van der Waals surface area (Å²) in [6, 6.07) is 1.92. The summed E-state index contributed by atoms with van der Waals surface area (Å²) in [5.41, 5.74) is 0. The molecule has 2 aromatic heterocycles. The van der Waals surface area contributed by atoms with Gasteiger partial charge in [0.1, 0.15) is 23.8 Å². The first-order chi connectivity index (χ1) is 12.5. The molecular weight excluding hydrogens is 354 g/mol. The van der Waals surface area contributed by atoms with Gasteiger partial charge in [-0.1, -0.05) is 0 Å². The molecule has 9 nitrogen and oxygen atoms in total. The summed E-state index contributed by atoms with van der Waals surface area (Å²) in [6.07, 6.45) is 7.16. The molecule has 2 aliphatic rings. The van der Waals surface area contributed by atoms with Gasteiger partial charge in [0, 0.05) is 57.7 Å². The van der Waals surface area contributed by atoms with E-state index in [4.69, 9.17) is 0 Å². The van der Waals surface area contributed by atoms with Crippen LogP contribution in [0.3, 0.4) is 0 Å².